The molecule has 10 heavy (non-hydrogen) atoms. The van der Waals surface area contributed by atoms with E-state index in [0.29, 0.717) is 0 Å². The molecule has 54 valence electrons. The van der Waals surface area contributed by atoms with Crippen molar-refractivity contribution < 1.29 is 9.50 Å². The maximum atomic E-state index is 12.2. The topological polar surface area (TPSA) is 33.1 Å². The van der Waals surface area contributed by atoms with Crippen LogP contribution in [0.3, 0.4) is 0 Å². The molecule has 1 aromatic heterocycles. The normalized spacial score (nSPS) is 9.90. The van der Waals surface area contributed by atoms with Crippen LogP contribution in [-0.4, -0.2) is 10.1 Å². The number of hydrogen-bond donors (Lipinski definition) is 1. The van der Waals surface area contributed by atoms with Crippen molar-refractivity contribution in [3.8, 4) is 5.88 Å². The summed E-state index contributed by atoms with van der Waals surface area (Å²) in [5, 5.41) is 8.53. The zero-order chi connectivity index (χ0) is 7.72. The molecule has 0 aliphatic rings. The van der Waals surface area contributed by atoms with Crippen molar-refractivity contribution in [2.75, 3.05) is 0 Å². The molecule has 0 bridgehead atoms. The number of aromatic hydroxyl groups is 1. The van der Waals surface area contributed by atoms with Gasteiger partial charge in [-0.25, -0.2) is 0 Å². The van der Waals surface area contributed by atoms with Gasteiger partial charge in [0.15, 0.2) is 0 Å². The van der Waals surface area contributed by atoms with Crippen LogP contribution in [-0.2, 0) is 0 Å². The summed E-state index contributed by atoms with van der Waals surface area (Å²) >= 11 is 10.7. The second kappa shape index (κ2) is 2.60. The number of hydrogen-bond acceptors (Lipinski definition) is 2. The molecule has 1 aromatic rings. The molecule has 0 aliphatic heterocycles. The van der Waals surface area contributed by atoms with E-state index in [1.807, 2.05) is 0 Å². The van der Waals surface area contributed by atoms with Crippen molar-refractivity contribution in [2.24, 2.45) is 0 Å². The van der Waals surface area contributed by atoms with Crippen LogP contribution >= 0.6 is 23.2 Å². The monoisotopic (exact) mass is 181 g/mol. The highest BCUT2D eigenvalue weighted by atomic mass is 35.5. The quantitative estimate of drug-likeness (QED) is 0.624. The molecule has 1 rings (SSSR count). The fraction of sp³-hybridized carbons (Fsp3) is 0. The van der Waals surface area contributed by atoms with Crippen molar-refractivity contribution in [3.63, 3.8) is 0 Å². The summed E-state index contributed by atoms with van der Waals surface area (Å²) in [6, 6.07) is 0.920. The highest BCUT2D eigenvalue weighted by Crippen LogP contribution is 2.28. The van der Waals surface area contributed by atoms with Crippen molar-refractivity contribution >= 4 is 23.2 Å². The molecule has 0 saturated heterocycles. The van der Waals surface area contributed by atoms with Crippen LogP contribution in [0.4, 0.5) is 4.39 Å². The van der Waals surface area contributed by atoms with Crippen molar-refractivity contribution in [1.29, 1.82) is 0 Å². The number of rotatable bonds is 0. The van der Waals surface area contributed by atoms with Gasteiger partial charge in [-0.2, -0.15) is 9.37 Å². The number of aromatic nitrogens is 1. The molecular formula is C5H2Cl2FNO. The zero-order valence-corrected chi connectivity index (χ0v) is 6.12. The lowest BCUT2D eigenvalue weighted by atomic mass is 10.5. The van der Waals surface area contributed by atoms with E-state index in [-0.39, 0.29) is 10.0 Å². The lowest BCUT2D eigenvalue weighted by molar-refractivity contribution is 0.436. The van der Waals surface area contributed by atoms with E-state index >= 15 is 0 Å². The average molecular weight is 182 g/mol. The van der Waals surface area contributed by atoms with Crippen LogP contribution in [0, 0.1) is 5.95 Å². The SMILES string of the molecule is Oc1nc(F)cc(Cl)c1Cl. The predicted octanol–water partition coefficient (Wildman–Crippen LogP) is 2.23. The molecule has 1 N–H and O–H groups in total. The number of pyridine rings is 1. The lowest BCUT2D eigenvalue weighted by Crippen LogP contribution is -1.83. The Bertz CT molecular complexity index is 243. The van der Waals surface area contributed by atoms with Crippen LogP contribution < -0.4 is 0 Å². The van der Waals surface area contributed by atoms with Gasteiger partial charge >= 0.3 is 0 Å². The molecular weight excluding hydrogens is 180 g/mol. The minimum atomic E-state index is -0.855. The minimum Gasteiger partial charge on any atom is -0.492 e. The first-order valence-corrected chi connectivity index (χ1v) is 3.07. The molecule has 5 heteroatoms. The number of nitrogens with zero attached hydrogens (tertiary/aromatic N) is 1. The summed E-state index contributed by atoms with van der Waals surface area (Å²) in [4.78, 5) is 3.01. The van der Waals surface area contributed by atoms with E-state index < -0.39 is 11.8 Å². The summed E-state index contributed by atoms with van der Waals surface area (Å²) in [7, 11) is 0. The first-order valence-electron chi connectivity index (χ1n) is 2.32. The van der Waals surface area contributed by atoms with E-state index in [2.05, 4.69) is 4.98 Å². The van der Waals surface area contributed by atoms with Gasteiger partial charge in [0.05, 0.1) is 5.02 Å². The van der Waals surface area contributed by atoms with Gasteiger partial charge in [-0.3, -0.25) is 0 Å². The fourth-order valence-electron chi connectivity index (χ4n) is 0.457. The molecule has 0 aromatic carbocycles. The summed E-state index contributed by atoms with van der Waals surface area (Å²) in [6.07, 6.45) is 0. The van der Waals surface area contributed by atoms with E-state index in [1.54, 1.807) is 0 Å². The van der Waals surface area contributed by atoms with Crippen LogP contribution in [0.25, 0.3) is 0 Å². The van der Waals surface area contributed by atoms with Crippen LogP contribution in [0.2, 0.25) is 10.0 Å². The maximum absolute atomic E-state index is 12.2. The van der Waals surface area contributed by atoms with Gasteiger partial charge in [0.25, 0.3) is 0 Å². The third-order valence-electron chi connectivity index (χ3n) is 0.865. The molecule has 0 spiro atoms. The third-order valence-corrected chi connectivity index (χ3v) is 1.63. The van der Waals surface area contributed by atoms with E-state index in [0.717, 1.165) is 6.07 Å². The molecule has 2 nitrogen and oxygen atoms in total. The maximum Gasteiger partial charge on any atom is 0.234 e. The Morgan fingerprint density at radius 1 is 1.50 bits per heavy atom. The van der Waals surface area contributed by atoms with Crippen molar-refractivity contribution in [2.45, 2.75) is 0 Å². The summed E-state index contributed by atoms with van der Waals surface area (Å²) < 4.78 is 12.2. The van der Waals surface area contributed by atoms with Gasteiger partial charge in [0, 0.05) is 6.07 Å². The third kappa shape index (κ3) is 1.30. The van der Waals surface area contributed by atoms with Crippen molar-refractivity contribution in [1.82, 2.24) is 4.98 Å². The molecule has 0 atom stereocenters. The van der Waals surface area contributed by atoms with Gasteiger partial charge in [-0.15, -0.1) is 0 Å². The highest BCUT2D eigenvalue weighted by Gasteiger charge is 2.06. The lowest BCUT2D eigenvalue weighted by Gasteiger charge is -1.96. The minimum absolute atomic E-state index is 0.0494. The Kier molecular flexibility index (Phi) is 1.97. The first kappa shape index (κ1) is 7.57. The standard InChI is InChI=1S/C5H2Cl2FNO/c6-2-1-3(8)9-5(10)4(2)7/h1H,(H,9,10). The van der Waals surface area contributed by atoms with Gasteiger partial charge < -0.3 is 5.11 Å². The molecule has 0 saturated carbocycles. The Hall–Kier alpha value is -0.540. The van der Waals surface area contributed by atoms with E-state index in [4.69, 9.17) is 28.3 Å². The summed E-state index contributed by atoms with van der Waals surface area (Å²) in [5.74, 6) is -1.45. The molecule has 1 heterocycles. The van der Waals surface area contributed by atoms with Crippen LogP contribution in [0.15, 0.2) is 6.07 Å². The van der Waals surface area contributed by atoms with E-state index in [1.165, 1.54) is 0 Å². The molecule has 0 amide bonds. The van der Waals surface area contributed by atoms with Crippen LogP contribution in [0.1, 0.15) is 0 Å². The van der Waals surface area contributed by atoms with Gasteiger partial charge in [-0.1, -0.05) is 23.2 Å². The number of halogens is 3. The molecule has 0 fully saturated rings. The largest absolute Gasteiger partial charge is 0.492 e. The van der Waals surface area contributed by atoms with Gasteiger partial charge in [0.1, 0.15) is 5.02 Å². The molecule has 0 aliphatic carbocycles. The van der Waals surface area contributed by atoms with Gasteiger partial charge in [-0.05, 0) is 0 Å². The Labute approximate surface area is 66.2 Å². The highest BCUT2D eigenvalue weighted by molar-refractivity contribution is 6.42. The first-order chi connectivity index (χ1) is 4.61. The fourth-order valence-corrected chi connectivity index (χ4v) is 0.729. The second-order valence-corrected chi connectivity index (χ2v) is 2.35. The molecule has 0 unspecified atom stereocenters. The summed E-state index contributed by atoms with van der Waals surface area (Å²) in [5.41, 5.74) is 0. The van der Waals surface area contributed by atoms with Crippen LogP contribution in [0.5, 0.6) is 5.88 Å². The second-order valence-electron chi connectivity index (χ2n) is 1.56. The smallest absolute Gasteiger partial charge is 0.234 e. The zero-order valence-electron chi connectivity index (χ0n) is 4.61. The Morgan fingerprint density at radius 2 is 2.10 bits per heavy atom. The predicted molar refractivity (Wildman–Crippen MR) is 35.9 cm³/mol. The molecule has 0 radical (unpaired) electrons. The Morgan fingerprint density at radius 3 is 2.60 bits per heavy atom. The van der Waals surface area contributed by atoms with Crippen molar-refractivity contribution in [3.05, 3.63) is 22.1 Å². The van der Waals surface area contributed by atoms with E-state index in [9.17, 15) is 4.39 Å². The van der Waals surface area contributed by atoms with Gasteiger partial charge in [0.2, 0.25) is 11.8 Å². The Balaban J connectivity index is 3.31. The summed E-state index contributed by atoms with van der Waals surface area (Å²) in [6.45, 7) is 0. The average Bonchev–Trinajstić information content (AvgIpc) is 1.82.